The summed E-state index contributed by atoms with van der Waals surface area (Å²) in [6.45, 7) is 5.51. The number of unbranched alkanes of at least 4 members (excludes halogenated alkanes) is 2. The molecule has 0 fully saturated rings. The van der Waals surface area contributed by atoms with Crippen LogP contribution < -0.4 is 9.47 Å². The van der Waals surface area contributed by atoms with Crippen LogP contribution in [-0.2, 0) is 0 Å². The third-order valence-corrected chi connectivity index (χ3v) is 6.36. The number of nitrogens with zero attached hydrogens (tertiary/aromatic N) is 1. The average molecular weight is 589 g/mol. The molecule has 0 saturated heterocycles. The van der Waals surface area contributed by atoms with E-state index in [0.29, 0.717) is 39.0 Å². The number of carbonyl (C=O) groups excluding carboxylic acids is 2. The normalized spacial score (nSPS) is 10.7. The van der Waals surface area contributed by atoms with Crippen molar-refractivity contribution in [2.24, 2.45) is 0 Å². The maximum absolute atomic E-state index is 13.1. The second kappa shape index (κ2) is 12.8. The molecule has 3 rings (SSSR count). The Labute approximate surface area is 217 Å². The van der Waals surface area contributed by atoms with Crippen LogP contribution in [0.15, 0.2) is 63.7 Å². The van der Waals surface area contributed by atoms with E-state index in [9.17, 15) is 9.59 Å². The monoisotopic (exact) mass is 587 g/mol. The molecular weight excluding hydrogens is 562 g/mol. The van der Waals surface area contributed by atoms with Crippen LogP contribution in [0.4, 0.5) is 0 Å². The van der Waals surface area contributed by atoms with Gasteiger partial charge in [-0.1, -0.05) is 26.7 Å². The Morgan fingerprint density at radius 2 is 1.24 bits per heavy atom. The molecule has 34 heavy (non-hydrogen) atoms. The van der Waals surface area contributed by atoms with Gasteiger partial charge in [-0.3, -0.25) is 9.59 Å². The van der Waals surface area contributed by atoms with Gasteiger partial charge in [0.25, 0.3) is 0 Å². The van der Waals surface area contributed by atoms with Crippen LogP contribution >= 0.6 is 31.9 Å². The van der Waals surface area contributed by atoms with Gasteiger partial charge in [0.2, 0.25) is 5.78 Å². The fourth-order valence-electron chi connectivity index (χ4n) is 3.15. The summed E-state index contributed by atoms with van der Waals surface area (Å²) in [5.41, 5.74) is 1.58. The summed E-state index contributed by atoms with van der Waals surface area (Å²) >= 11 is 6.80. The predicted octanol–water partition coefficient (Wildman–Crippen LogP) is 7.43. The molecule has 2 aromatic carbocycles. The minimum Gasteiger partial charge on any atom is -0.494 e. The van der Waals surface area contributed by atoms with Crippen molar-refractivity contribution in [3.63, 3.8) is 0 Å². The Balaban J connectivity index is 1.75. The molecule has 0 aliphatic rings. The molecule has 0 unspecified atom stereocenters. The van der Waals surface area contributed by atoms with Crippen molar-refractivity contribution in [2.45, 2.75) is 39.5 Å². The minimum atomic E-state index is -0.250. The van der Waals surface area contributed by atoms with E-state index >= 15 is 0 Å². The summed E-state index contributed by atoms with van der Waals surface area (Å²) < 4.78 is 12.1. The summed E-state index contributed by atoms with van der Waals surface area (Å²) in [6, 6.07) is 15.6. The van der Waals surface area contributed by atoms with E-state index in [2.05, 4.69) is 50.7 Å². The highest BCUT2D eigenvalue weighted by atomic mass is 79.9. The number of rotatable bonds is 12. The number of aromatic nitrogens is 1. The highest BCUT2D eigenvalue weighted by Gasteiger charge is 2.21. The highest BCUT2D eigenvalue weighted by Crippen LogP contribution is 2.28. The zero-order valence-corrected chi connectivity index (χ0v) is 22.4. The molecule has 3 aromatic rings. The quantitative estimate of drug-likeness (QED) is 0.125. The summed E-state index contributed by atoms with van der Waals surface area (Å²) in [6.07, 6.45) is 4.08. The number of ketones is 2. The second-order valence-corrected chi connectivity index (χ2v) is 9.37. The van der Waals surface area contributed by atoms with E-state index in [1.165, 1.54) is 0 Å². The van der Waals surface area contributed by atoms with E-state index in [0.717, 1.165) is 37.2 Å². The predicted molar refractivity (Wildman–Crippen MR) is 140 cm³/mol. The van der Waals surface area contributed by atoms with Crippen LogP contribution in [0.25, 0.3) is 0 Å². The average Bonchev–Trinajstić information content (AvgIpc) is 2.85. The minimum absolute atomic E-state index is 0.201. The van der Waals surface area contributed by atoms with Crippen molar-refractivity contribution in [3.8, 4) is 11.5 Å². The molecule has 0 spiro atoms. The lowest BCUT2D eigenvalue weighted by molar-refractivity contribution is 0.102. The van der Waals surface area contributed by atoms with E-state index in [-0.39, 0.29) is 17.3 Å². The van der Waals surface area contributed by atoms with Gasteiger partial charge in [-0.25, -0.2) is 4.98 Å². The third kappa shape index (κ3) is 6.76. The fourth-order valence-corrected chi connectivity index (χ4v) is 4.12. The largest absolute Gasteiger partial charge is 0.494 e. The lowest BCUT2D eigenvalue weighted by atomic mass is 10.0. The number of ether oxygens (including phenoxy) is 2. The Kier molecular flexibility index (Phi) is 9.84. The molecule has 178 valence electrons. The van der Waals surface area contributed by atoms with Gasteiger partial charge >= 0.3 is 0 Å². The molecule has 0 saturated carbocycles. The molecule has 5 nitrogen and oxygen atoms in total. The smallest absolute Gasteiger partial charge is 0.212 e. The van der Waals surface area contributed by atoms with E-state index in [1.54, 1.807) is 54.6 Å². The number of benzene rings is 2. The van der Waals surface area contributed by atoms with Crippen LogP contribution in [0, 0.1) is 0 Å². The second-order valence-electron chi connectivity index (χ2n) is 7.77. The first kappa shape index (κ1) is 26.1. The summed E-state index contributed by atoms with van der Waals surface area (Å²) in [5, 5.41) is 0. The first-order valence-electron chi connectivity index (χ1n) is 11.4. The van der Waals surface area contributed by atoms with E-state index < -0.39 is 0 Å². The zero-order chi connectivity index (χ0) is 24.5. The van der Waals surface area contributed by atoms with Gasteiger partial charge in [-0.05, 0) is 99.3 Å². The van der Waals surface area contributed by atoms with E-state index in [1.807, 2.05) is 0 Å². The van der Waals surface area contributed by atoms with Crippen LogP contribution in [0.5, 0.6) is 11.5 Å². The van der Waals surface area contributed by atoms with Gasteiger partial charge in [0.05, 0.1) is 18.8 Å². The lowest BCUT2D eigenvalue weighted by Crippen LogP contribution is -2.10. The molecule has 1 aromatic heterocycles. The molecule has 0 atom stereocenters. The molecule has 0 aliphatic carbocycles. The maximum atomic E-state index is 13.1. The van der Waals surface area contributed by atoms with Crippen LogP contribution in [-0.4, -0.2) is 29.8 Å². The maximum Gasteiger partial charge on any atom is 0.212 e. The van der Waals surface area contributed by atoms with Crippen molar-refractivity contribution in [1.82, 2.24) is 4.98 Å². The van der Waals surface area contributed by atoms with Crippen molar-refractivity contribution < 1.29 is 19.1 Å². The van der Waals surface area contributed by atoms with Crippen molar-refractivity contribution >= 4 is 43.4 Å². The first-order valence-corrected chi connectivity index (χ1v) is 12.9. The zero-order valence-electron chi connectivity index (χ0n) is 19.3. The van der Waals surface area contributed by atoms with Gasteiger partial charge in [-0.15, -0.1) is 0 Å². The van der Waals surface area contributed by atoms with Gasteiger partial charge in [0, 0.05) is 15.6 Å². The number of halogens is 2. The Morgan fingerprint density at radius 3 is 1.71 bits per heavy atom. The Morgan fingerprint density at radius 1 is 0.765 bits per heavy atom. The number of hydrogen-bond donors (Lipinski definition) is 0. The van der Waals surface area contributed by atoms with Crippen molar-refractivity contribution in [1.29, 1.82) is 0 Å². The molecule has 0 N–H and O–H groups in total. The fraction of sp³-hybridized carbons (Fsp3) is 0.296. The van der Waals surface area contributed by atoms with Crippen LogP contribution in [0.3, 0.4) is 0 Å². The van der Waals surface area contributed by atoms with Gasteiger partial charge in [0.15, 0.2) is 5.78 Å². The Bertz CT molecular complexity index is 1040. The molecule has 1 heterocycles. The Hall–Kier alpha value is -2.51. The summed E-state index contributed by atoms with van der Waals surface area (Å²) in [7, 11) is 0. The number of carbonyl (C=O) groups is 2. The number of hydrogen-bond acceptors (Lipinski definition) is 5. The number of pyridine rings is 1. The summed E-state index contributed by atoms with van der Waals surface area (Å²) in [4.78, 5) is 30.5. The van der Waals surface area contributed by atoms with Crippen molar-refractivity contribution in [2.75, 3.05) is 13.2 Å². The molecule has 0 amide bonds. The lowest BCUT2D eigenvalue weighted by Gasteiger charge is -2.10. The summed E-state index contributed by atoms with van der Waals surface area (Å²) in [5.74, 6) is 1.00. The topological polar surface area (TPSA) is 65.5 Å². The molecular formula is C27H27Br2NO4. The van der Waals surface area contributed by atoms with Gasteiger partial charge in [-0.2, -0.15) is 0 Å². The van der Waals surface area contributed by atoms with Gasteiger partial charge in [0.1, 0.15) is 21.8 Å². The third-order valence-electron chi connectivity index (χ3n) is 5.16. The molecule has 7 heteroatoms. The standard InChI is InChI=1S/C27H27Br2NO4/c1-3-5-15-33-20-11-7-18(8-12-20)25(31)22-17-23(28)24(30-27(22)29)26(32)19-9-13-21(14-10-19)34-16-6-4-2/h7-14,17H,3-6,15-16H2,1-2H3. The first-order chi connectivity index (χ1) is 16.4. The van der Waals surface area contributed by atoms with Crippen LogP contribution in [0.2, 0.25) is 0 Å². The van der Waals surface area contributed by atoms with Crippen molar-refractivity contribution in [3.05, 3.63) is 86.1 Å². The van der Waals surface area contributed by atoms with Crippen LogP contribution in [0.1, 0.15) is 71.5 Å². The molecule has 0 bridgehead atoms. The highest BCUT2D eigenvalue weighted by molar-refractivity contribution is 9.11. The SMILES string of the molecule is CCCCOc1ccc(C(=O)c2cc(Br)c(C(=O)c3ccc(OCCCC)cc3)nc2Br)cc1. The van der Waals surface area contributed by atoms with E-state index in [4.69, 9.17) is 9.47 Å². The van der Waals surface area contributed by atoms with Gasteiger partial charge < -0.3 is 9.47 Å². The molecule has 0 radical (unpaired) electrons. The molecule has 0 aliphatic heterocycles.